The highest BCUT2D eigenvalue weighted by Gasteiger charge is 2.14. The molecule has 0 aromatic carbocycles. The lowest BCUT2D eigenvalue weighted by Gasteiger charge is -2.21. The number of aromatic nitrogens is 2. The monoisotopic (exact) mass is 251 g/mol. The fourth-order valence-corrected chi connectivity index (χ4v) is 2.35. The molecule has 1 aromatic heterocycles. The fourth-order valence-electron chi connectivity index (χ4n) is 2.35. The molecular formula is C15H29N3. The topological polar surface area (TPSA) is 29.9 Å². The quantitative estimate of drug-likeness (QED) is 0.769. The van der Waals surface area contributed by atoms with Crippen LogP contribution in [0.5, 0.6) is 0 Å². The van der Waals surface area contributed by atoms with Crippen molar-refractivity contribution in [1.29, 1.82) is 0 Å². The Hall–Kier alpha value is -0.830. The van der Waals surface area contributed by atoms with Gasteiger partial charge in [0.05, 0.1) is 5.69 Å². The zero-order valence-electron chi connectivity index (χ0n) is 12.7. The summed E-state index contributed by atoms with van der Waals surface area (Å²) in [5.74, 6) is 0.786. The molecule has 0 saturated carbocycles. The molecule has 0 bridgehead atoms. The number of nitrogens with zero attached hydrogens (tertiary/aromatic N) is 2. The molecule has 0 fully saturated rings. The lowest BCUT2D eigenvalue weighted by Crippen LogP contribution is -2.34. The first-order valence-electron chi connectivity index (χ1n) is 7.29. The van der Waals surface area contributed by atoms with Crippen LogP contribution in [0.1, 0.15) is 51.4 Å². The van der Waals surface area contributed by atoms with Crippen molar-refractivity contribution in [1.82, 2.24) is 15.1 Å². The Morgan fingerprint density at radius 3 is 2.61 bits per heavy atom. The van der Waals surface area contributed by atoms with Gasteiger partial charge in [-0.1, -0.05) is 27.2 Å². The molecule has 0 saturated heterocycles. The van der Waals surface area contributed by atoms with E-state index in [0.717, 1.165) is 24.6 Å². The maximum atomic E-state index is 4.43. The van der Waals surface area contributed by atoms with E-state index in [2.05, 4.69) is 44.2 Å². The minimum atomic E-state index is 0.578. The molecule has 2 unspecified atom stereocenters. The van der Waals surface area contributed by atoms with Crippen LogP contribution in [0.4, 0.5) is 0 Å². The van der Waals surface area contributed by atoms with Crippen molar-refractivity contribution in [2.75, 3.05) is 6.54 Å². The Kier molecular flexibility index (Phi) is 6.41. The summed E-state index contributed by atoms with van der Waals surface area (Å²) < 4.78 is 2.02. The van der Waals surface area contributed by atoms with Crippen molar-refractivity contribution in [2.24, 2.45) is 13.0 Å². The second-order valence-electron chi connectivity index (χ2n) is 5.50. The van der Waals surface area contributed by atoms with E-state index >= 15 is 0 Å². The fraction of sp³-hybridized carbons (Fsp3) is 0.800. The predicted molar refractivity (Wildman–Crippen MR) is 77.8 cm³/mol. The summed E-state index contributed by atoms with van der Waals surface area (Å²) in [7, 11) is 2.04. The van der Waals surface area contributed by atoms with Crippen LogP contribution >= 0.6 is 0 Å². The second kappa shape index (κ2) is 7.57. The van der Waals surface area contributed by atoms with Crippen molar-refractivity contribution >= 4 is 0 Å². The molecular weight excluding hydrogens is 222 g/mol. The van der Waals surface area contributed by atoms with Gasteiger partial charge in [0, 0.05) is 25.2 Å². The maximum Gasteiger partial charge on any atom is 0.0596 e. The van der Waals surface area contributed by atoms with Gasteiger partial charge in [-0.3, -0.25) is 4.68 Å². The third-order valence-electron chi connectivity index (χ3n) is 3.62. The number of nitrogens with one attached hydrogen (secondary N) is 1. The average molecular weight is 251 g/mol. The van der Waals surface area contributed by atoms with Crippen LogP contribution in [0, 0.1) is 12.8 Å². The molecule has 3 heteroatoms. The number of aryl methyl sites for hydroxylation is 2. The molecule has 3 nitrogen and oxygen atoms in total. The molecule has 0 aliphatic carbocycles. The summed E-state index contributed by atoms with van der Waals surface area (Å²) in [6.07, 6.45) is 4.79. The molecule has 1 heterocycles. The van der Waals surface area contributed by atoms with Crippen molar-refractivity contribution in [3.63, 3.8) is 0 Å². The molecule has 0 amide bonds. The Morgan fingerprint density at radius 1 is 1.39 bits per heavy atom. The van der Waals surface area contributed by atoms with E-state index in [-0.39, 0.29) is 0 Å². The molecule has 1 aromatic rings. The van der Waals surface area contributed by atoms with Crippen LogP contribution in [0.2, 0.25) is 0 Å². The van der Waals surface area contributed by atoms with E-state index in [1.165, 1.54) is 25.0 Å². The van der Waals surface area contributed by atoms with Gasteiger partial charge in [-0.15, -0.1) is 0 Å². The minimum absolute atomic E-state index is 0.578. The smallest absolute Gasteiger partial charge is 0.0596 e. The molecule has 104 valence electrons. The minimum Gasteiger partial charge on any atom is -0.314 e. The molecule has 1 N–H and O–H groups in total. The van der Waals surface area contributed by atoms with Crippen LogP contribution in [0.25, 0.3) is 0 Å². The zero-order valence-corrected chi connectivity index (χ0v) is 12.7. The molecule has 1 rings (SSSR count). The van der Waals surface area contributed by atoms with Crippen LogP contribution in [0.15, 0.2) is 6.07 Å². The summed E-state index contributed by atoms with van der Waals surface area (Å²) in [6.45, 7) is 10.0. The highest BCUT2D eigenvalue weighted by molar-refractivity contribution is 5.10. The van der Waals surface area contributed by atoms with E-state index in [0.29, 0.717) is 6.04 Å². The summed E-state index contributed by atoms with van der Waals surface area (Å²) >= 11 is 0. The van der Waals surface area contributed by atoms with E-state index in [9.17, 15) is 0 Å². The third-order valence-corrected chi connectivity index (χ3v) is 3.62. The lowest BCUT2D eigenvalue weighted by atomic mass is 9.96. The molecule has 2 atom stereocenters. The number of hydrogen-bond acceptors (Lipinski definition) is 2. The molecule has 0 radical (unpaired) electrons. The average Bonchev–Trinajstić information content (AvgIpc) is 2.64. The van der Waals surface area contributed by atoms with Gasteiger partial charge in [0.15, 0.2) is 0 Å². The van der Waals surface area contributed by atoms with Gasteiger partial charge in [-0.2, -0.15) is 5.10 Å². The van der Waals surface area contributed by atoms with E-state index in [1.54, 1.807) is 0 Å². The van der Waals surface area contributed by atoms with Crippen LogP contribution < -0.4 is 5.32 Å². The first-order valence-corrected chi connectivity index (χ1v) is 7.29. The van der Waals surface area contributed by atoms with Crippen LogP contribution in [0.3, 0.4) is 0 Å². The normalized spacial score (nSPS) is 14.7. The van der Waals surface area contributed by atoms with Crippen molar-refractivity contribution in [3.05, 3.63) is 17.5 Å². The molecule has 0 aliphatic heterocycles. The maximum absolute atomic E-state index is 4.43. The highest BCUT2D eigenvalue weighted by Crippen LogP contribution is 2.14. The van der Waals surface area contributed by atoms with Gasteiger partial charge in [0.25, 0.3) is 0 Å². The Labute approximate surface area is 112 Å². The van der Waals surface area contributed by atoms with Crippen molar-refractivity contribution < 1.29 is 0 Å². The standard InChI is InChI=1S/C15H29N3/c1-6-8-16-14(9-12(3)7-2)11-15-10-13(4)17-18(15)5/h10,12,14,16H,6-9,11H2,1-5H3. The van der Waals surface area contributed by atoms with Gasteiger partial charge < -0.3 is 5.32 Å². The van der Waals surface area contributed by atoms with Crippen LogP contribution in [-0.2, 0) is 13.5 Å². The summed E-state index contributed by atoms with van der Waals surface area (Å²) in [4.78, 5) is 0. The number of rotatable bonds is 8. The lowest BCUT2D eigenvalue weighted by molar-refractivity contribution is 0.386. The van der Waals surface area contributed by atoms with Gasteiger partial charge in [-0.25, -0.2) is 0 Å². The first-order chi connectivity index (χ1) is 8.56. The van der Waals surface area contributed by atoms with Crippen molar-refractivity contribution in [3.8, 4) is 0 Å². The molecule has 0 spiro atoms. The molecule has 18 heavy (non-hydrogen) atoms. The Balaban J connectivity index is 2.62. The second-order valence-corrected chi connectivity index (χ2v) is 5.50. The zero-order chi connectivity index (χ0) is 13.5. The third kappa shape index (κ3) is 4.81. The Morgan fingerprint density at radius 2 is 2.11 bits per heavy atom. The number of hydrogen-bond donors (Lipinski definition) is 1. The van der Waals surface area contributed by atoms with E-state index < -0.39 is 0 Å². The Bertz CT molecular complexity index is 344. The summed E-state index contributed by atoms with van der Waals surface area (Å²) in [6, 6.07) is 2.78. The van der Waals surface area contributed by atoms with Gasteiger partial charge in [0.1, 0.15) is 0 Å². The SMILES string of the molecule is CCCNC(Cc1cc(C)nn1C)CC(C)CC. The van der Waals surface area contributed by atoms with Gasteiger partial charge in [-0.05, 0) is 38.3 Å². The van der Waals surface area contributed by atoms with E-state index in [1.807, 2.05) is 11.7 Å². The van der Waals surface area contributed by atoms with Gasteiger partial charge >= 0.3 is 0 Å². The largest absolute Gasteiger partial charge is 0.314 e. The predicted octanol–water partition coefficient (Wildman–Crippen LogP) is 3.08. The first kappa shape index (κ1) is 15.2. The van der Waals surface area contributed by atoms with Crippen LogP contribution in [-0.4, -0.2) is 22.4 Å². The van der Waals surface area contributed by atoms with E-state index in [4.69, 9.17) is 0 Å². The summed E-state index contributed by atoms with van der Waals surface area (Å²) in [5, 5.41) is 8.11. The van der Waals surface area contributed by atoms with Gasteiger partial charge in [0.2, 0.25) is 0 Å². The molecule has 0 aliphatic rings. The van der Waals surface area contributed by atoms with Crippen molar-refractivity contribution in [2.45, 2.75) is 59.4 Å². The summed E-state index contributed by atoms with van der Waals surface area (Å²) in [5.41, 5.74) is 2.45. The highest BCUT2D eigenvalue weighted by atomic mass is 15.3.